The molecular weight excluding hydrogens is 413 g/mol. The molecule has 30 heavy (non-hydrogen) atoms. The molecule has 1 aliphatic heterocycles. The first-order valence-electron chi connectivity index (χ1n) is 10.3. The van der Waals surface area contributed by atoms with E-state index in [0.29, 0.717) is 26.3 Å². The molecule has 1 atom stereocenters. The van der Waals surface area contributed by atoms with Crippen LogP contribution >= 0.6 is 11.3 Å². The van der Waals surface area contributed by atoms with Crippen molar-refractivity contribution in [1.82, 2.24) is 4.90 Å². The molecule has 2 aromatic rings. The molecule has 1 amide bonds. The number of benzene rings is 1. The van der Waals surface area contributed by atoms with Crippen molar-refractivity contribution in [2.24, 2.45) is 0 Å². The highest BCUT2D eigenvalue weighted by Crippen LogP contribution is 2.46. The monoisotopic (exact) mass is 438 g/mol. The molecule has 1 aromatic carbocycles. The van der Waals surface area contributed by atoms with Gasteiger partial charge in [0.25, 0.3) is 0 Å². The molecule has 8 heteroatoms. The Morgan fingerprint density at radius 3 is 2.43 bits per heavy atom. The van der Waals surface area contributed by atoms with Crippen molar-refractivity contribution in [2.75, 3.05) is 31.6 Å². The van der Waals surface area contributed by atoms with Gasteiger partial charge in [0.15, 0.2) is 0 Å². The number of morpholine rings is 1. The number of carbonyl (C=O) groups is 1. The van der Waals surface area contributed by atoms with E-state index in [-0.39, 0.29) is 11.9 Å². The molecule has 2 heterocycles. The van der Waals surface area contributed by atoms with Crippen LogP contribution in [-0.4, -0.2) is 37.1 Å². The maximum Gasteiger partial charge on any atom is 0.416 e. The van der Waals surface area contributed by atoms with Gasteiger partial charge in [-0.15, -0.1) is 11.3 Å². The van der Waals surface area contributed by atoms with E-state index in [9.17, 15) is 18.0 Å². The maximum atomic E-state index is 13.1. The lowest BCUT2D eigenvalue weighted by molar-refractivity contribution is -0.137. The van der Waals surface area contributed by atoms with E-state index < -0.39 is 11.7 Å². The van der Waals surface area contributed by atoms with Crippen LogP contribution in [0.15, 0.2) is 24.3 Å². The standard InChI is InChI=1S/C22H25F3N2O2S/c1-14(28)26-21-19(17-4-2-3-5-18(17)30-21)20(27-10-12-29-13-11-27)15-6-8-16(9-7-15)22(23,24)25/h6-9,20H,2-5,10-13H2,1H3,(H,26,28)/t20-/m0/s1. The number of hydrogen-bond acceptors (Lipinski definition) is 4. The Morgan fingerprint density at radius 2 is 1.80 bits per heavy atom. The number of hydrogen-bond donors (Lipinski definition) is 1. The third-order valence-corrected chi connectivity index (χ3v) is 6.96. The fourth-order valence-electron chi connectivity index (χ4n) is 4.38. The zero-order valence-corrected chi connectivity index (χ0v) is 17.7. The second-order valence-electron chi connectivity index (χ2n) is 7.81. The Morgan fingerprint density at radius 1 is 1.13 bits per heavy atom. The Balaban J connectivity index is 1.82. The van der Waals surface area contributed by atoms with Crippen LogP contribution in [0, 0.1) is 0 Å². The van der Waals surface area contributed by atoms with Crippen LogP contribution in [0.5, 0.6) is 0 Å². The van der Waals surface area contributed by atoms with Gasteiger partial charge in [-0.05, 0) is 48.9 Å². The normalized spacial score (nSPS) is 18.7. The smallest absolute Gasteiger partial charge is 0.379 e. The van der Waals surface area contributed by atoms with Gasteiger partial charge in [0.2, 0.25) is 5.91 Å². The summed E-state index contributed by atoms with van der Waals surface area (Å²) < 4.78 is 44.8. The molecule has 1 saturated heterocycles. The van der Waals surface area contributed by atoms with Crippen LogP contribution in [0.25, 0.3) is 0 Å². The van der Waals surface area contributed by atoms with Crippen LogP contribution in [0.3, 0.4) is 0 Å². The van der Waals surface area contributed by atoms with Crippen LogP contribution in [0.2, 0.25) is 0 Å². The minimum absolute atomic E-state index is 0.136. The van der Waals surface area contributed by atoms with Gasteiger partial charge in [0, 0.05) is 30.5 Å². The Bertz CT molecular complexity index is 902. The Hall–Kier alpha value is -1.90. The fourth-order valence-corrected chi connectivity index (χ4v) is 5.75. The molecule has 162 valence electrons. The predicted molar refractivity (Wildman–Crippen MR) is 111 cm³/mol. The average molecular weight is 439 g/mol. The second-order valence-corrected chi connectivity index (χ2v) is 8.91. The second kappa shape index (κ2) is 8.69. The van der Waals surface area contributed by atoms with Crippen molar-refractivity contribution in [3.05, 3.63) is 51.4 Å². The van der Waals surface area contributed by atoms with E-state index in [4.69, 9.17) is 4.74 Å². The molecule has 0 bridgehead atoms. The van der Waals surface area contributed by atoms with Gasteiger partial charge in [0.1, 0.15) is 5.00 Å². The molecule has 1 N–H and O–H groups in total. The van der Waals surface area contributed by atoms with Crippen molar-refractivity contribution < 1.29 is 22.7 Å². The van der Waals surface area contributed by atoms with Gasteiger partial charge in [0.05, 0.1) is 24.8 Å². The third-order valence-electron chi connectivity index (χ3n) is 5.74. The molecule has 4 rings (SSSR count). The Kier molecular flexibility index (Phi) is 6.18. The number of rotatable bonds is 4. The first-order chi connectivity index (χ1) is 14.3. The van der Waals surface area contributed by atoms with Crippen LogP contribution in [0.1, 0.15) is 52.9 Å². The SMILES string of the molecule is CC(=O)Nc1sc2c(c1[C@H](c1ccc(C(F)(F)F)cc1)N1CCOCC1)CCCC2. The van der Waals surface area contributed by atoms with Gasteiger partial charge >= 0.3 is 6.18 Å². The van der Waals surface area contributed by atoms with Gasteiger partial charge in [-0.2, -0.15) is 13.2 Å². The van der Waals surface area contributed by atoms with Crippen LogP contribution in [0.4, 0.5) is 18.2 Å². The zero-order valence-electron chi connectivity index (χ0n) is 16.8. The van der Waals surface area contributed by atoms with E-state index >= 15 is 0 Å². The number of nitrogens with one attached hydrogen (secondary N) is 1. The number of carbonyl (C=O) groups excluding carboxylic acids is 1. The quantitative estimate of drug-likeness (QED) is 0.728. The largest absolute Gasteiger partial charge is 0.416 e. The lowest BCUT2D eigenvalue weighted by Gasteiger charge is -2.36. The fraction of sp³-hybridized carbons (Fsp3) is 0.500. The van der Waals surface area contributed by atoms with Crippen molar-refractivity contribution in [3.63, 3.8) is 0 Å². The summed E-state index contributed by atoms with van der Waals surface area (Å²) in [6.45, 7) is 4.04. The predicted octanol–water partition coefficient (Wildman–Crippen LogP) is 5.03. The highest BCUT2D eigenvalue weighted by Gasteiger charge is 2.34. The first kappa shape index (κ1) is 21.3. The summed E-state index contributed by atoms with van der Waals surface area (Å²) >= 11 is 1.61. The first-order valence-corrected chi connectivity index (χ1v) is 11.1. The summed E-state index contributed by atoms with van der Waals surface area (Å²) in [7, 11) is 0. The number of alkyl halides is 3. The van der Waals surface area contributed by atoms with Crippen molar-refractivity contribution >= 4 is 22.2 Å². The van der Waals surface area contributed by atoms with Gasteiger partial charge in [-0.25, -0.2) is 0 Å². The lowest BCUT2D eigenvalue weighted by Crippen LogP contribution is -2.40. The number of nitrogens with zero attached hydrogens (tertiary/aromatic N) is 1. The number of fused-ring (bicyclic) bond motifs is 1. The summed E-state index contributed by atoms with van der Waals surface area (Å²) in [6, 6.07) is 5.25. The number of thiophene rings is 1. The molecule has 0 unspecified atom stereocenters. The highest BCUT2D eigenvalue weighted by molar-refractivity contribution is 7.16. The molecule has 1 aliphatic carbocycles. The molecular formula is C22H25F3N2O2S. The number of amides is 1. The number of halogens is 3. The third kappa shape index (κ3) is 4.40. The minimum Gasteiger partial charge on any atom is -0.379 e. The molecule has 1 fully saturated rings. The van der Waals surface area contributed by atoms with E-state index in [2.05, 4.69) is 10.2 Å². The van der Waals surface area contributed by atoms with E-state index in [1.807, 2.05) is 0 Å². The lowest BCUT2D eigenvalue weighted by atomic mass is 9.88. The number of aryl methyl sites for hydroxylation is 1. The number of anilines is 1. The zero-order chi connectivity index (χ0) is 21.3. The van der Waals surface area contributed by atoms with E-state index in [0.717, 1.165) is 53.9 Å². The highest BCUT2D eigenvalue weighted by atomic mass is 32.1. The molecule has 0 spiro atoms. The summed E-state index contributed by atoms with van der Waals surface area (Å²) in [5.41, 5.74) is 2.46. The van der Waals surface area contributed by atoms with E-state index in [1.54, 1.807) is 23.5 Å². The summed E-state index contributed by atoms with van der Waals surface area (Å²) in [5.74, 6) is -0.136. The van der Waals surface area contributed by atoms with E-state index in [1.165, 1.54) is 17.4 Å². The van der Waals surface area contributed by atoms with Gasteiger partial charge in [-0.3, -0.25) is 9.69 Å². The summed E-state index contributed by atoms with van der Waals surface area (Å²) in [6.07, 6.45) is -0.248. The minimum atomic E-state index is -4.37. The molecule has 4 nitrogen and oxygen atoms in total. The van der Waals surface area contributed by atoms with Crippen molar-refractivity contribution in [3.8, 4) is 0 Å². The molecule has 0 radical (unpaired) electrons. The van der Waals surface area contributed by atoms with Crippen molar-refractivity contribution in [2.45, 2.75) is 44.8 Å². The summed E-state index contributed by atoms with van der Waals surface area (Å²) in [5, 5.41) is 3.82. The van der Waals surface area contributed by atoms with Gasteiger partial charge < -0.3 is 10.1 Å². The van der Waals surface area contributed by atoms with Crippen molar-refractivity contribution in [1.29, 1.82) is 0 Å². The maximum absolute atomic E-state index is 13.1. The Labute approximate surface area is 178 Å². The average Bonchev–Trinajstić information content (AvgIpc) is 3.06. The molecule has 0 saturated carbocycles. The molecule has 1 aromatic heterocycles. The van der Waals surface area contributed by atoms with Crippen LogP contribution < -0.4 is 5.32 Å². The van der Waals surface area contributed by atoms with Crippen LogP contribution in [-0.2, 0) is 28.5 Å². The topological polar surface area (TPSA) is 41.6 Å². The van der Waals surface area contributed by atoms with Gasteiger partial charge in [-0.1, -0.05) is 12.1 Å². The molecule has 2 aliphatic rings. The summed E-state index contributed by atoms with van der Waals surface area (Å²) in [4.78, 5) is 15.4. The number of ether oxygens (including phenoxy) is 1.